The van der Waals surface area contributed by atoms with Gasteiger partial charge in [-0.3, -0.25) is 0 Å². The first-order valence-corrected chi connectivity index (χ1v) is 8.29. The molecule has 0 atom stereocenters. The topological polar surface area (TPSA) is 62.2 Å². The fourth-order valence-corrected chi connectivity index (χ4v) is 3.12. The summed E-state index contributed by atoms with van der Waals surface area (Å²) in [5, 5.41) is 10.9. The Bertz CT molecular complexity index is 750. The number of urea groups is 1. The van der Waals surface area contributed by atoms with Gasteiger partial charge in [0.05, 0.1) is 11.4 Å². The molecule has 1 aliphatic rings. The molecule has 2 N–H and O–H groups in total. The molecular weight excluding hydrogens is 302 g/mol. The Balaban J connectivity index is 1.75. The van der Waals surface area contributed by atoms with E-state index in [0.29, 0.717) is 13.1 Å². The highest BCUT2D eigenvalue weighted by Gasteiger charge is 2.28. The van der Waals surface area contributed by atoms with E-state index in [2.05, 4.69) is 29.6 Å². The highest BCUT2D eigenvalue weighted by Crippen LogP contribution is 2.18. The summed E-state index contributed by atoms with van der Waals surface area (Å²) in [7, 11) is 0. The van der Waals surface area contributed by atoms with Crippen LogP contribution in [0.25, 0.3) is 5.69 Å². The number of piperazine rings is 1. The highest BCUT2D eigenvalue weighted by atomic mass is 16.2. The molecule has 0 aliphatic carbocycles. The predicted molar refractivity (Wildman–Crippen MR) is 95.7 cm³/mol. The maximum atomic E-state index is 12.5. The van der Waals surface area contributed by atoms with Gasteiger partial charge in [0.2, 0.25) is 0 Å². The van der Waals surface area contributed by atoms with Crippen LogP contribution < -0.4 is 10.6 Å². The summed E-state index contributed by atoms with van der Waals surface area (Å²) in [5.41, 5.74) is 3.71. The molecule has 1 aromatic heterocycles. The van der Waals surface area contributed by atoms with Gasteiger partial charge in [0, 0.05) is 36.6 Å². The second-order valence-corrected chi connectivity index (χ2v) is 7.05. The number of aryl methyl sites for hydroxylation is 2. The molecule has 128 valence electrons. The number of nitrogens with zero attached hydrogens (tertiary/aromatic N) is 3. The number of amides is 2. The van der Waals surface area contributed by atoms with Gasteiger partial charge >= 0.3 is 6.03 Å². The number of anilines is 1. The molecule has 1 saturated heterocycles. The molecule has 0 unspecified atom stereocenters. The molecule has 24 heavy (non-hydrogen) atoms. The molecule has 0 spiro atoms. The first kappa shape index (κ1) is 16.5. The van der Waals surface area contributed by atoms with Crippen LogP contribution >= 0.6 is 0 Å². The molecule has 1 aromatic carbocycles. The van der Waals surface area contributed by atoms with Crippen molar-refractivity contribution in [2.24, 2.45) is 0 Å². The van der Waals surface area contributed by atoms with Gasteiger partial charge in [-0.15, -0.1) is 0 Å². The molecule has 3 rings (SSSR count). The van der Waals surface area contributed by atoms with E-state index in [-0.39, 0.29) is 11.6 Å². The van der Waals surface area contributed by atoms with Crippen LogP contribution in [-0.2, 0) is 0 Å². The van der Waals surface area contributed by atoms with Crippen LogP contribution in [0.5, 0.6) is 0 Å². The molecule has 0 radical (unpaired) electrons. The number of hydrogen-bond donors (Lipinski definition) is 2. The Morgan fingerprint density at radius 2 is 2.08 bits per heavy atom. The quantitative estimate of drug-likeness (QED) is 0.891. The number of carbonyl (C=O) groups is 1. The van der Waals surface area contributed by atoms with Crippen molar-refractivity contribution in [2.45, 2.75) is 33.2 Å². The number of aromatic nitrogens is 2. The van der Waals surface area contributed by atoms with Crippen LogP contribution in [0.2, 0.25) is 0 Å². The molecule has 6 heteroatoms. The lowest BCUT2D eigenvalue weighted by Crippen LogP contribution is -2.59. The zero-order chi connectivity index (χ0) is 17.3. The van der Waals surface area contributed by atoms with E-state index >= 15 is 0 Å². The molecule has 0 saturated carbocycles. The molecular formula is C18H25N5O. The fourth-order valence-electron chi connectivity index (χ4n) is 3.12. The SMILES string of the molecule is Cc1cc(C)n(-c2cccc(NC(=O)N3CCNC(C)(C)C3)c2)n1. The minimum Gasteiger partial charge on any atom is -0.321 e. The van der Waals surface area contributed by atoms with Crippen molar-refractivity contribution in [3.63, 3.8) is 0 Å². The molecule has 1 aliphatic heterocycles. The van der Waals surface area contributed by atoms with Gasteiger partial charge in [-0.2, -0.15) is 5.10 Å². The standard InChI is InChI=1S/C18H25N5O/c1-13-10-14(2)23(21-13)16-7-5-6-15(11-16)20-17(24)22-9-8-19-18(3,4)12-22/h5-7,10-11,19H,8-9,12H2,1-4H3,(H,20,24). The maximum Gasteiger partial charge on any atom is 0.321 e. The number of carbonyl (C=O) groups excluding carboxylic acids is 1. The fraction of sp³-hybridized carbons (Fsp3) is 0.444. The van der Waals surface area contributed by atoms with Gasteiger partial charge < -0.3 is 15.5 Å². The number of nitrogens with one attached hydrogen (secondary N) is 2. The summed E-state index contributed by atoms with van der Waals surface area (Å²) in [5.74, 6) is 0. The van der Waals surface area contributed by atoms with E-state index in [1.165, 1.54) is 0 Å². The summed E-state index contributed by atoms with van der Waals surface area (Å²) in [6.45, 7) is 10.4. The number of hydrogen-bond acceptors (Lipinski definition) is 3. The maximum absolute atomic E-state index is 12.5. The second kappa shape index (κ2) is 6.28. The Kier molecular flexibility index (Phi) is 4.32. The van der Waals surface area contributed by atoms with Crippen LogP contribution in [0, 0.1) is 13.8 Å². The summed E-state index contributed by atoms with van der Waals surface area (Å²) < 4.78 is 1.89. The summed E-state index contributed by atoms with van der Waals surface area (Å²) in [6.07, 6.45) is 0. The Morgan fingerprint density at radius 1 is 1.29 bits per heavy atom. The van der Waals surface area contributed by atoms with Crippen molar-refractivity contribution in [3.05, 3.63) is 41.7 Å². The predicted octanol–water partition coefficient (Wildman–Crippen LogP) is 2.70. The van der Waals surface area contributed by atoms with Gasteiger partial charge in [-0.05, 0) is 52.0 Å². The summed E-state index contributed by atoms with van der Waals surface area (Å²) >= 11 is 0. The third kappa shape index (κ3) is 3.59. The van der Waals surface area contributed by atoms with Gasteiger partial charge in [-0.25, -0.2) is 9.48 Å². The third-order valence-electron chi connectivity index (χ3n) is 4.21. The zero-order valence-corrected chi connectivity index (χ0v) is 14.8. The minimum absolute atomic E-state index is 0.0544. The van der Waals surface area contributed by atoms with E-state index in [1.54, 1.807) is 0 Å². The third-order valence-corrected chi connectivity index (χ3v) is 4.21. The monoisotopic (exact) mass is 327 g/mol. The van der Waals surface area contributed by atoms with Crippen molar-refractivity contribution in [1.29, 1.82) is 0 Å². The van der Waals surface area contributed by atoms with E-state index in [1.807, 2.05) is 53.8 Å². The van der Waals surface area contributed by atoms with E-state index in [4.69, 9.17) is 0 Å². The first-order valence-electron chi connectivity index (χ1n) is 8.29. The van der Waals surface area contributed by atoms with Crippen LogP contribution in [0.1, 0.15) is 25.2 Å². The lowest BCUT2D eigenvalue weighted by Gasteiger charge is -2.39. The lowest BCUT2D eigenvalue weighted by atomic mass is 10.0. The zero-order valence-electron chi connectivity index (χ0n) is 14.8. The Labute approximate surface area is 142 Å². The Morgan fingerprint density at radius 3 is 2.75 bits per heavy atom. The molecule has 1 fully saturated rings. The molecule has 2 aromatic rings. The highest BCUT2D eigenvalue weighted by molar-refractivity contribution is 5.89. The number of benzene rings is 1. The van der Waals surface area contributed by atoms with Gasteiger partial charge in [-0.1, -0.05) is 6.07 Å². The van der Waals surface area contributed by atoms with Crippen molar-refractivity contribution < 1.29 is 4.79 Å². The van der Waals surface area contributed by atoms with E-state index in [9.17, 15) is 4.79 Å². The average Bonchev–Trinajstić information content (AvgIpc) is 2.85. The van der Waals surface area contributed by atoms with Gasteiger partial charge in [0.25, 0.3) is 0 Å². The van der Waals surface area contributed by atoms with Crippen molar-refractivity contribution >= 4 is 11.7 Å². The van der Waals surface area contributed by atoms with Crippen molar-refractivity contribution in [2.75, 3.05) is 25.0 Å². The van der Waals surface area contributed by atoms with Crippen LogP contribution in [0.4, 0.5) is 10.5 Å². The van der Waals surface area contributed by atoms with Gasteiger partial charge in [0.15, 0.2) is 0 Å². The van der Waals surface area contributed by atoms with Crippen LogP contribution in [-0.4, -0.2) is 45.9 Å². The van der Waals surface area contributed by atoms with Gasteiger partial charge in [0.1, 0.15) is 0 Å². The lowest BCUT2D eigenvalue weighted by molar-refractivity contribution is 0.165. The molecule has 2 amide bonds. The van der Waals surface area contributed by atoms with E-state index in [0.717, 1.165) is 29.3 Å². The molecule has 6 nitrogen and oxygen atoms in total. The molecule has 2 heterocycles. The Hall–Kier alpha value is -2.34. The first-order chi connectivity index (χ1) is 11.3. The van der Waals surface area contributed by atoms with Crippen LogP contribution in [0.15, 0.2) is 30.3 Å². The average molecular weight is 327 g/mol. The second-order valence-electron chi connectivity index (χ2n) is 7.05. The number of rotatable bonds is 2. The smallest absolute Gasteiger partial charge is 0.321 e. The van der Waals surface area contributed by atoms with Crippen molar-refractivity contribution in [1.82, 2.24) is 20.0 Å². The normalized spacial score (nSPS) is 16.9. The summed E-state index contributed by atoms with van der Waals surface area (Å²) in [6, 6.07) is 9.75. The van der Waals surface area contributed by atoms with Crippen molar-refractivity contribution in [3.8, 4) is 5.69 Å². The minimum atomic E-state index is -0.0601. The summed E-state index contributed by atoms with van der Waals surface area (Å²) in [4.78, 5) is 14.4. The molecule has 0 bridgehead atoms. The largest absolute Gasteiger partial charge is 0.321 e. The van der Waals surface area contributed by atoms with Crippen LogP contribution in [0.3, 0.4) is 0 Å². The van der Waals surface area contributed by atoms with E-state index < -0.39 is 0 Å².